The van der Waals surface area contributed by atoms with Crippen LogP contribution >= 0.6 is 0 Å². The molecule has 1 aromatic carbocycles. The van der Waals surface area contributed by atoms with Gasteiger partial charge in [0.25, 0.3) is 0 Å². The maximum Gasteiger partial charge on any atom is 0.226 e. The van der Waals surface area contributed by atoms with Crippen molar-refractivity contribution in [3.63, 3.8) is 0 Å². The summed E-state index contributed by atoms with van der Waals surface area (Å²) in [6, 6.07) is 5.78. The van der Waals surface area contributed by atoms with Gasteiger partial charge in [-0.05, 0) is 25.5 Å². The lowest BCUT2D eigenvalue weighted by atomic mass is 10.2. The van der Waals surface area contributed by atoms with Crippen molar-refractivity contribution < 1.29 is 36.5 Å². The fourth-order valence-electron chi connectivity index (χ4n) is 4.09. The molecule has 0 radical (unpaired) electrons. The maximum atomic E-state index is 12.2. The molecule has 0 aliphatic carbocycles. The third-order valence-corrected chi connectivity index (χ3v) is 7.15. The molecule has 0 saturated carbocycles. The van der Waals surface area contributed by atoms with Crippen molar-refractivity contribution in [2.24, 2.45) is 0 Å². The summed E-state index contributed by atoms with van der Waals surface area (Å²) in [6.07, 6.45) is 6.37. The van der Waals surface area contributed by atoms with Crippen molar-refractivity contribution in [1.82, 2.24) is 10.2 Å². The number of nitrogens with one attached hydrogen (secondary N) is 1. The van der Waals surface area contributed by atoms with E-state index in [1.54, 1.807) is 24.3 Å². The molecule has 220 valence electrons. The van der Waals surface area contributed by atoms with Gasteiger partial charge >= 0.3 is 0 Å². The summed E-state index contributed by atoms with van der Waals surface area (Å²) >= 11 is 0. The van der Waals surface area contributed by atoms with E-state index >= 15 is 0 Å². The van der Waals surface area contributed by atoms with Crippen LogP contribution in [0.25, 0.3) is 0 Å². The van der Waals surface area contributed by atoms with Crippen LogP contribution in [0, 0.1) is 6.92 Å². The summed E-state index contributed by atoms with van der Waals surface area (Å²) in [7, 11) is -4.27. The monoisotopic (exact) mass is 567 g/mol. The Morgan fingerprint density at radius 3 is 2.15 bits per heavy atom. The van der Waals surface area contributed by atoms with Gasteiger partial charge in [0.15, 0.2) is 6.67 Å². The Hall–Kier alpha value is -2.57. The van der Waals surface area contributed by atoms with E-state index in [0.29, 0.717) is 57.0 Å². The van der Waals surface area contributed by atoms with Crippen LogP contribution in [-0.2, 0) is 29.2 Å². The number of hydrogen-bond donors (Lipinski definition) is 1. The minimum absolute atomic E-state index is 0.0662. The van der Waals surface area contributed by atoms with Crippen LogP contribution in [0.4, 0.5) is 0 Å². The standard InChI is InChI=1S/C21H37N3O4.C7H8O3S/c1-4-15-27-17-13-24(14-18-28-16-5-2,12-8-10-22-20(25)6-3)19-23-11-7-9-21(23)26;1-6-2-4-7(5-3-6)11(8,9)10/h4-5H,1-2,6-19H2,3H3;2-5H,1H3,(H,8,9,10). The van der Waals surface area contributed by atoms with E-state index in [-0.39, 0.29) is 16.7 Å². The van der Waals surface area contributed by atoms with E-state index in [1.807, 2.05) is 18.7 Å². The summed E-state index contributed by atoms with van der Waals surface area (Å²) < 4.78 is 43.2. The minimum atomic E-state index is -4.27. The van der Waals surface area contributed by atoms with Crippen molar-refractivity contribution in [3.8, 4) is 0 Å². The predicted octanol–water partition coefficient (Wildman–Crippen LogP) is 2.60. The highest BCUT2D eigenvalue weighted by Gasteiger charge is 2.33. The van der Waals surface area contributed by atoms with Gasteiger partial charge in [-0.25, -0.2) is 8.42 Å². The van der Waals surface area contributed by atoms with Crippen LogP contribution in [0.2, 0.25) is 0 Å². The van der Waals surface area contributed by atoms with E-state index in [1.165, 1.54) is 12.1 Å². The number of carbonyl (C=O) groups excluding carboxylic acids is 2. The molecule has 10 nitrogen and oxygen atoms in total. The molecule has 2 amide bonds. The van der Waals surface area contributed by atoms with Crippen LogP contribution in [-0.4, -0.2) is 100.0 Å². The number of quaternary nitrogens is 1. The smallest absolute Gasteiger partial charge is 0.226 e. The summed E-state index contributed by atoms with van der Waals surface area (Å²) in [5, 5.41) is 2.94. The van der Waals surface area contributed by atoms with Gasteiger partial charge in [-0.3, -0.25) is 14.5 Å². The highest BCUT2D eigenvalue weighted by Crippen LogP contribution is 2.17. The average Bonchev–Trinajstić information content (AvgIpc) is 3.30. The third-order valence-electron chi connectivity index (χ3n) is 6.30. The van der Waals surface area contributed by atoms with E-state index in [2.05, 4.69) is 18.5 Å². The molecule has 0 unspecified atom stereocenters. The second-order valence-corrected chi connectivity index (χ2v) is 10.8. The molecule has 0 atom stereocenters. The van der Waals surface area contributed by atoms with E-state index in [4.69, 9.17) is 9.47 Å². The number of nitrogens with zero attached hydrogens (tertiary/aromatic N) is 2. The number of amides is 2. The molecular formula is C28H45N3O7S. The molecule has 11 heteroatoms. The molecule has 2 rings (SSSR count). The SMILES string of the molecule is C=CCOCC[N+](CCCNC(=O)CC)(CCOCC=C)CN1CCCC1=O.Cc1ccc(S(=O)(=O)[O-])cc1. The number of hydrogen-bond acceptors (Lipinski definition) is 7. The molecule has 0 bridgehead atoms. The Morgan fingerprint density at radius 1 is 1.10 bits per heavy atom. The highest BCUT2D eigenvalue weighted by atomic mass is 32.2. The first-order valence-corrected chi connectivity index (χ1v) is 14.8. The molecule has 1 aromatic rings. The third kappa shape index (κ3) is 14.4. The Morgan fingerprint density at radius 2 is 1.69 bits per heavy atom. The van der Waals surface area contributed by atoms with Crippen molar-refractivity contribution in [2.75, 3.05) is 65.8 Å². The zero-order valence-electron chi connectivity index (χ0n) is 23.4. The van der Waals surface area contributed by atoms with Gasteiger partial charge in [-0.15, -0.1) is 13.2 Å². The molecule has 1 saturated heterocycles. The lowest BCUT2D eigenvalue weighted by Crippen LogP contribution is -2.58. The van der Waals surface area contributed by atoms with Crippen LogP contribution in [0.3, 0.4) is 0 Å². The van der Waals surface area contributed by atoms with Gasteiger partial charge in [0.1, 0.15) is 23.2 Å². The van der Waals surface area contributed by atoms with Gasteiger partial charge < -0.3 is 23.8 Å². The Labute approximate surface area is 234 Å². The number of aryl methyl sites for hydroxylation is 1. The molecule has 1 N–H and O–H groups in total. The zero-order valence-corrected chi connectivity index (χ0v) is 24.3. The molecule has 1 aliphatic heterocycles. The van der Waals surface area contributed by atoms with E-state index in [9.17, 15) is 22.6 Å². The molecule has 1 fully saturated rings. The van der Waals surface area contributed by atoms with Gasteiger partial charge in [-0.1, -0.05) is 36.8 Å². The molecule has 0 aromatic heterocycles. The quantitative estimate of drug-likeness (QED) is 0.125. The first kappa shape index (κ1) is 34.5. The largest absolute Gasteiger partial charge is 0.744 e. The Balaban J connectivity index is 0.000000573. The lowest BCUT2D eigenvalue weighted by Gasteiger charge is -2.41. The fraction of sp³-hybridized carbons (Fsp3) is 0.571. The topological polar surface area (TPSA) is 125 Å². The van der Waals surface area contributed by atoms with Gasteiger partial charge in [0.2, 0.25) is 11.8 Å². The number of rotatable bonds is 18. The first-order chi connectivity index (χ1) is 18.6. The predicted molar refractivity (Wildman–Crippen MR) is 150 cm³/mol. The van der Waals surface area contributed by atoms with Crippen molar-refractivity contribution >= 4 is 21.9 Å². The number of likely N-dealkylation sites (tertiary alicyclic amines) is 1. The molecule has 1 aliphatic rings. The van der Waals surface area contributed by atoms with E-state index < -0.39 is 10.1 Å². The summed E-state index contributed by atoms with van der Waals surface area (Å²) in [6.45, 7) is 17.8. The minimum Gasteiger partial charge on any atom is -0.744 e. The van der Waals surface area contributed by atoms with Crippen LogP contribution in [0.5, 0.6) is 0 Å². The Bertz CT molecular complexity index is 981. The molecule has 39 heavy (non-hydrogen) atoms. The lowest BCUT2D eigenvalue weighted by molar-refractivity contribution is -0.936. The van der Waals surface area contributed by atoms with Crippen LogP contribution < -0.4 is 5.32 Å². The normalized spacial score (nSPS) is 13.5. The van der Waals surface area contributed by atoms with Crippen molar-refractivity contribution in [3.05, 3.63) is 55.1 Å². The highest BCUT2D eigenvalue weighted by molar-refractivity contribution is 7.85. The van der Waals surface area contributed by atoms with Gasteiger partial charge in [0.05, 0.1) is 37.9 Å². The molecule has 1 heterocycles. The second-order valence-electron chi connectivity index (χ2n) is 9.47. The van der Waals surface area contributed by atoms with Crippen LogP contribution in [0.1, 0.15) is 38.2 Å². The second kappa shape index (κ2) is 18.7. The number of carbonyl (C=O) groups is 2. The van der Waals surface area contributed by atoms with E-state index in [0.717, 1.165) is 44.6 Å². The van der Waals surface area contributed by atoms with Crippen LogP contribution in [0.15, 0.2) is 54.5 Å². The number of benzene rings is 1. The van der Waals surface area contributed by atoms with Crippen molar-refractivity contribution in [2.45, 2.75) is 44.4 Å². The average molecular weight is 568 g/mol. The molecular weight excluding hydrogens is 522 g/mol. The zero-order chi connectivity index (χ0) is 29.2. The van der Waals surface area contributed by atoms with Gasteiger partial charge in [-0.2, -0.15) is 0 Å². The summed E-state index contributed by atoms with van der Waals surface area (Å²) in [5.74, 6) is 0.289. The van der Waals surface area contributed by atoms with Crippen molar-refractivity contribution in [1.29, 1.82) is 0 Å². The van der Waals surface area contributed by atoms with Gasteiger partial charge in [0, 0.05) is 32.4 Å². The summed E-state index contributed by atoms with van der Waals surface area (Å²) in [5.41, 5.74) is 0.928. The fourth-order valence-corrected chi connectivity index (χ4v) is 4.55. The maximum absolute atomic E-state index is 12.2. The summed E-state index contributed by atoms with van der Waals surface area (Å²) in [4.78, 5) is 25.5. The Kier molecular flexibility index (Phi) is 16.5. The first-order valence-electron chi connectivity index (χ1n) is 13.4. The number of ether oxygens (including phenoxy) is 2. The molecule has 0 spiro atoms.